The summed E-state index contributed by atoms with van der Waals surface area (Å²) in [6.07, 6.45) is 0.783. The van der Waals surface area contributed by atoms with E-state index in [2.05, 4.69) is 5.32 Å². The Kier molecular flexibility index (Phi) is 3.22. The molecule has 1 aliphatic heterocycles. The molecule has 0 aromatic heterocycles. The molecule has 0 saturated carbocycles. The lowest BCUT2D eigenvalue weighted by atomic mass is 9.91. The largest absolute Gasteiger partial charge is 0.457 e. The Hall–Kier alpha value is -1.87. The van der Waals surface area contributed by atoms with E-state index in [9.17, 15) is 4.39 Å². The van der Waals surface area contributed by atoms with Crippen molar-refractivity contribution in [2.24, 2.45) is 0 Å². The molecule has 0 bridgehead atoms. The van der Waals surface area contributed by atoms with Gasteiger partial charge in [0.05, 0.1) is 0 Å². The Labute approximate surface area is 112 Å². The SMILES string of the molecule is CNCC1Cc2ccccc2Oc2cccc(F)c21. The maximum absolute atomic E-state index is 14.1. The van der Waals surface area contributed by atoms with E-state index in [0.29, 0.717) is 11.3 Å². The van der Waals surface area contributed by atoms with Crippen LogP contribution in [0.25, 0.3) is 0 Å². The molecular formula is C16H16FNO. The van der Waals surface area contributed by atoms with Gasteiger partial charge in [0.1, 0.15) is 17.3 Å². The zero-order valence-electron chi connectivity index (χ0n) is 10.8. The van der Waals surface area contributed by atoms with Crippen LogP contribution in [0.4, 0.5) is 4.39 Å². The third-order valence-corrected chi connectivity index (χ3v) is 3.53. The number of fused-ring (bicyclic) bond motifs is 2. The number of benzene rings is 2. The Bertz CT molecular complexity index is 597. The molecule has 2 aromatic carbocycles. The molecule has 1 aliphatic rings. The summed E-state index contributed by atoms with van der Waals surface area (Å²) in [5.74, 6) is 1.36. The third-order valence-electron chi connectivity index (χ3n) is 3.53. The zero-order valence-corrected chi connectivity index (χ0v) is 10.8. The maximum atomic E-state index is 14.1. The van der Waals surface area contributed by atoms with Crippen molar-refractivity contribution in [2.45, 2.75) is 12.3 Å². The number of rotatable bonds is 2. The fourth-order valence-corrected chi connectivity index (χ4v) is 2.68. The Balaban J connectivity index is 2.13. The van der Waals surface area contributed by atoms with Gasteiger partial charge in [0.25, 0.3) is 0 Å². The van der Waals surface area contributed by atoms with Crippen LogP contribution in [0.1, 0.15) is 17.0 Å². The molecule has 1 unspecified atom stereocenters. The first kappa shape index (κ1) is 12.2. The Morgan fingerprint density at radius 2 is 1.95 bits per heavy atom. The van der Waals surface area contributed by atoms with Crippen LogP contribution in [-0.2, 0) is 6.42 Å². The van der Waals surface area contributed by atoms with Crippen molar-refractivity contribution in [3.05, 3.63) is 59.4 Å². The van der Waals surface area contributed by atoms with E-state index in [4.69, 9.17) is 4.74 Å². The first-order valence-electron chi connectivity index (χ1n) is 6.48. The van der Waals surface area contributed by atoms with Crippen LogP contribution < -0.4 is 10.1 Å². The van der Waals surface area contributed by atoms with Crippen LogP contribution in [0.2, 0.25) is 0 Å². The average molecular weight is 257 g/mol. The van der Waals surface area contributed by atoms with Crippen molar-refractivity contribution in [3.63, 3.8) is 0 Å². The number of hydrogen-bond acceptors (Lipinski definition) is 2. The van der Waals surface area contributed by atoms with Gasteiger partial charge in [-0.25, -0.2) is 4.39 Å². The first-order valence-corrected chi connectivity index (χ1v) is 6.48. The van der Waals surface area contributed by atoms with Gasteiger partial charge in [0.15, 0.2) is 0 Å². The molecule has 1 atom stereocenters. The topological polar surface area (TPSA) is 21.3 Å². The van der Waals surface area contributed by atoms with Gasteiger partial charge in [-0.1, -0.05) is 24.3 Å². The van der Waals surface area contributed by atoms with Gasteiger partial charge in [-0.15, -0.1) is 0 Å². The highest BCUT2D eigenvalue weighted by Gasteiger charge is 2.25. The molecule has 0 saturated heterocycles. The molecule has 1 heterocycles. The fourth-order valence-electron chi connectivity index (χ4n) is 2.68. The summed E-state index contributed by atoms with van der Waals surface area (Å²) < 4.78 is 20.0. The van der Waals surface area contributed by atoms with E-state index in [1.165, 1.54) is 6.07 Å². The molecular weight excluding hydrogens is 241 g/mol. The van der Waals surface area contributed by atoms with E-state index in [1.54, 1.807) is 6.07 Å². The van der Waals surface area contributed by atoms with Crippen molar-refractivity contribution in [1.29, 1.82) is 0 Å². The maximum Gasteiger partial charge on any atom is 0.133 e. The smallest absolute Gasteiger partial charge is 0.133 e. The third kappa shape index (κ3) is 2.22. The zero-order chi connectivity index (χ0) is 13.2. The molecule has 0 radical (unpaired) electrons. The van der Waals surface area contributed by atoms with E-state index < -0.39 is 0 Å². The van der Waals surface area contributed by atoms with E-state index >= 15 is 0 Å². The van der Waals surface area contributed by atoms with Crippen LogP contribution >= 0.6 is 0 Å². The minimum absolute atomic E-state index is 0.0878. The lowest BCUT2D eigenvalue weighted by Crippen LogP contribution is -2.19. The summed E-state index contributed by atoms with van der Waals surface area (Å²) in [6, 6.07) is 12.9. The number of ether oxygens (including phenoxy) is 1. The molecule has 3 rings (SSSR count). The lowest BCUT2D eigenvalue weighted by Gasteiger charge is -2.16. The highest BCUT2D eigenvalue weighted by atomic mass is 19.1. The molecule has 3 heteroatoms. The molecule has 19 heavy (non-hydrogen) atoms. The molecule has 2 aromatic rings. The van der Waals surface area contributed by atoms with Crippen molar-refractivity contribution in [2.75, 3.05) is 13.6 Å². The first-order chi connectivity index (χ1) is 9.29. The second-order valence-electron chi connectivity index (χ2n) is 4.82. The molecule has 0 spiro atoms. The summed E-state index contributed by atoms with van der Waals surface area (Å²) in [5.41, 5.74) is 1.80. The predicted octanol–water partition coefficient (Wildman–Crippen LogP) is 3.48. The van der Waals surface area contributed by atoms with Crippen LogP contribution in [0.3, 0.4) is 0 Å². The fraction of sp³-hybridized carbons (Fsp3) is 0.250. The molecule has 1 N–H and O–H groups in total. The predicted molar refractivity (Wildman–Crippen MR) is 73.3 cm³/mol. The number of halogens is 1. The second-order valence-corrected chi connectivity index (χ2v) is 4.82. The second kappa shape index (κ2) is 5.02. The van der Waals surface area contributed by atoms with Crippen molar-refractivity contribution < 1.29 is 9.13 Å². The van der Waals surface area contributed by atoms with Crippen LogP contribution in [0.15, 0.2) is 42.5 Å². The van der Waals surface area contributed by atoms with Crippen molar-refractivity contribution >= 4 is 0 Å². The summed E-state index contributed by atoms with van der Waals surface area (Å²) in [6.45, 7) is 0.728. The minimum Gasteiger partial charge on any atom is -0.457 e. The number of para-hydroxylation sites is 1. The van der Waals surface area contributed by atoms with Crippen molar-refractivity contribution in [3.8, 4) is 11.5 Å². The number of nitrogens with one attached hydrogen (secondary N) is 1. The van der Waals surface area contributed by atoms with Gasteiger partial charge < -0.3 is 10.1 Å². The molecule has 0 aliphatic carbocycles. The van der Waals surface area contributed by atoms with E-state index in [-0.39, 0.29) is 11.7 Å². The summed E-state index contributed by atoms with van der Waals surface area (Å²) in [5, 5.41) is 3.14. The monoisotopic (exact) mass is 257 g/mol. The van der Waals surface area contributed by atoms with Gasteiger partial charge in [0.2, 0.25) is 0 Å². The Morgan fingerprint density at radius 1 is 1.16 bits per heavy atom. The summed E-state index contributed by atoms with van der Waals surface area (Å²) >= 11 is 0. The average Bonchev–Trinajstić information content (AvgIpc) is 2.56. The number of likely N-dealkylation sites (N-methyl/N-ethyl adjacent to an activating group) is 1. The summed E-state index contributed by atoms with van der Waals surface area (Å²) in [7, 11) is 1.89. The van der Waals surface area contributed by atoms with Gasteiger partial charge >= 0.3 is 0 Å². The normalized spacial score (nSPS) is 17.1. The standard InChI is InChI=1S/C16H16FNO/c1-18-10-12-9-11-5-2-3-7-14(11)19-15-8-4-6-13(17)16(12)15/h2-8,12,18H,9-10H2,1H3. The molecule has 0 fully saturated rings. The minimum atomic E-state index is -0.189. The van der Waals surface area contributed by atoms with Crippen LogP contribution in [0, 0.1) is 5.82 Å². The van der Waals surface area contributed by atoms with Gasteiger partial charge in [-0.2, -0.15) is 0 Å². The van der Waals surface area contributed by atoms with Gasteiger partial charge in [-0.05, 0) is 37.2 Å². The van der Waals surface area contributed by atoms with E-state index in [0.717, 1.165) is 24.3 Å². The Morgan fingerprint density at radius 3 is 2.79 bits per heavy atom. The van der Waals surface area contributed by atoms with E-state index in [1.807, 2.05) is 37.4 Å². The highest BCUT2D eigenvalue weighted by molar-refractivity contribution is 5.47. The molecule has 2 nitrogen and oxygen atoms in total. The lowest BCUT2D eigenvalue weighted by molar-refractivity contribution is 0.468. The van der Waals surface area contributed by atoms with Crippen LogP contribution in [-0.4, -0.2) is 13.6 Å². The quantitative estimate of drug-likeness (QED) is 0.889. The summed E-state index contributed by atoms with van der Waals surface area (Å²) in [4.78, 5) is 0. The van der Waals surface area contributed by atoms with Gasteiger partial charge in [-0.3, -0.25) is 0 Å². The van der Waals surface area contributed by atoms with Crippen molar-refractivity contribution in [1.82, 2.24) is 5.32 Å². The van der Waals surface area contributed by atoms with Crippen LogP contribution in [0.5, 0.6) is 11.5 Å². The van der Waals surface area contributed by atoms with Gasteiger partial charge in [0, 0.05) is 18.0 Å². The molecule has 98 valence electrons. The highest BCUT2D eigenvalue weighted by Crippen LogP contribution is 2.40. The number of hydrogen-bond donors (Lipinski definition) is 1. The molecule has 0 amide bonds.